The highest BCUT2D eigenvalue weighted by molar-refractivity contribution is 7.23. The monoisotopic (exact) mass is 511 g/mol. The normalized spacial score (nSPS) is 13.0. The summed E-state index contributed by atoms with van der Waals surface area (Å²) in [6.07, 6.45) is -2.22. The summed E-state index contributed by atoms with van der Waals surface area (Å²) < 4.78 is 41.2. The molecule has 6 heteroatoms. The van der Waals surface area contributed by atoms with Gasteiger partial charge in [-0.1, -0.05) is 74.9 Å². The Balaban J connectivity index is 1.81. The maximum atomic E-state index is 13.3. The lowest BCUT2D eigenvalue weighted by molar-refractivity contribution is -0.211. The number of aromatic nitrogens is 1. The first-order valence-electron chi connectivity index (χ1n) is 11.8. The van der Waals surface area contributed by atoms with Crippen molar-refractivity contribution >= 4 is 34.7 Å². The second kappa shape index (κ2) is 8.89. The van der Waals surface area contributed by atoms with Gasteiger partial charge in [-0.05, 0) is 60.2 Å². The van der Waals surface area contributed by atoms with Gasteiger partial charge in [-0.2, -0.15) is 13.2 Å². The highest BCUT2D eigenvalue weighted by Gasteiger charge is 2.46. The maximum absolute atomic E-state index is 13.3. The summed E-state index contributed by atoms with van der Waals surface area (Å²) >= 11 is 1.72. The average Bonchev–Trinajstić information content (AvgIpc) is 3.16. The van der Waals surface area contributed by atoms with Gasteiger partial charge in [0.15, 0.2) is 0 Å². The lowest BCUT2D eigenvalue weighted by Crippen LogP contribution is -2.38. The summed E-state index contributed by atoms with van der Waals surface area (Å²) in [6, 6.07) is 16.3. The molecule has 2 heterocycles. The first-order valence-corrected chi connectivity index (χ1v) is 16.2. The fourth-order valence-electron chi connectivity index (χ4n) is 4.48. The molecule has 2 aromatic heterocycles. The summed E-state index contributed by atoms with van der Waals surface area (Å²) in [5.41, 5.74) is 4.48. The van der Waals surface area contributed by atoms with E-state index < -0.39 is 19.7 Å². The van der Waals surface area contributed by atoms with Gasteiger partial charge in [-0.15, -0.1) is 11.3 Å². The van der Waals surface area contributed by atoms with Crippen molar-refractivity contribution in [1.29, 1.82) is 0 Å². The number of rotatable bonds is 5. The molecule has 184 valence electrons. The number of alkyl halides is 3. The van der Waals surface area contributed by atoms with Gasteiger partial charge >= 0.3 is 6.18 Å². The van der Waals surface area contributed by atoms with Gasteiger partial charge in [0.05, 0.1) is 23.9 Å². The molecule has 4 aromatic rings. The zero-order chi connectivity index (χ0) is 25.8. The Morgan fingerprint density at radius 2 is 1.46 bits per heavy atom. The molecule has 35 heavy (non-hydrogen) atoms. The molecule has 0 bridgehead atoms. The molecule has 0 N–H and O–H groups in total. The van der Waals surface area contributed by atoms with Crippen molar-refractivity contribution < 1.29 is 13.2 Å². The number of fused-ring (bicyclic) bond motifs is 1. The maximum Gasteiger partial charge on any atom is 0.394 e. The van der Waals surface area contributed by atoms with Crippen molar-refractivity contribution in [1.82, 2.24) is 4.98 Å². The van der Waals surface area contributed by atoms with Gasteiger partial charge in [0.1, 0.15) is 0 Å². The van der Waals surface area contributed by atoms with E-state index in [0.29, 0.717) is 5.56 Å². The van der Waals surface area contributed by atoms with Crippen molar-refractivity contribution in [3.63, 3.8) is 0 Å². The molecule has 0 radical (unpaired) electrons. The fraction of sp³-hybridized carbons (Fsp3) is 0.345. The van der Waals surface area contributed by atoms with Crippen LogP contribution >= 0.6 is 11.3 Å². The second-order valence-electron chi connectivity index (χ2n) is 11.3. The summed E-state index contributed by atoms with van der Waals surface area (Å²) in [6.45, 7) is 13.7. The third-order valence-corrected chi connectivity index (χ3v) is 9.72. The molecule has 0 spiro atoms. The molecule has 0 aliphatic rings. The van der Waals surface area contributed by atoms with Crippen LogP contribution in [0.1, 0.15) is 30.5 Å². The molecular formula is C29H32F3NSSi. The van der Waals surface area contributed by atoms with E-state index in [1.807, 2.05) is 24.3 Å². The van der Waals surface area contributed by atoms with E-state index in [0.717, 1.165) is 21.7 Å². The lowest BCUT2D eigenvalue weighted by atomic mass is 9.85. The molecule has 1 nitrogen and oxygen atoms in total. The van der Waals surface area contributed by atoms with Crippen LogP contribution in [0.3, 0.4) is 0 Å². The summed E-state index contributed by atoms with van der Waals surface area (Å²) in [7, 11) is -1.65. The minimum Gasteiger partial charge on any atom is -0.255 e. The van der Waals surface area contributed by atoms with Gasteiger partial charge in [0.2, 0.25) is 0 Å². The van der Waals surface area contributed by atoms with Crippen LogP contribution < -0.4 is 5.19 Å². The number of aryl methyl sites for hydroxylation is 2. The van der Waals surface area contributed by atoms with Gasteiger partial charge in [-0.3, -0.25) is 4.98 Å². The predicted molar refractivity (Wildman–Crippen MR) is 146 cm³/mol. The molecule has 0 fully saturated rings. The Morgan fingerprint density at radius 3 is 2.00 bits per heavy atom. The van der Waals surface area contributed by atoms with Crippen molar-refractivity contribution in [3.05, 3.63) is 71.4 Å². The molecular weight excluding hydrogens is 479 g/mol. The highest BCUT2D eigenvalue weighted by atomic mass is 32.1. The van der Waals surface area contributed by atoms with Crippen LogP contribution in [0.2, 0.25) is 19.6 Å². The standard InChI is InChI=1S/C29H32F3NSSi/c1-18-12-19(2)14-22(13-18)26-27-23(25(17-33-26)35(5,6)7)15-24(34-27)21-10-8-20(9-11-21)16-28(3,4)29(30,31)32/h8-15,17H,16H2,1-7H3. The number of hydrogen-bond acceptors (Lipinski definition) is 2. The van der Waals surface area contributed by atoms with Crippen LogP contribution in [0.25, 0.3) is 31.8 Å². The predicted octanol–water partition coefficient (Wildman–Crippen LogP) is 8.92. The molecule has 0 aliphatic heterocycles. The highest BCUT2D eigenvalue weighted by Crippen LogP contribution is 2.41. The van der Waals surface area contributed by atoms with Crippen LogP contribution in [-0.4, -0.2) is 19.2 Å². The number of nitrogens with zero attached hydrogens (tertiary/aromatic N) is 1. The van der Waals surface area contributed by atoms with Crippen LogP contribution in [0.15, 0.2) is 54.7 Å². The van der Waals surface area contributed by atoms with E-state index in [1.54, 1.807) is 11.3 Å². The first kappa shape index (κ1) is 25.6. The Kier molecular flexibility index (Phi) is 6.52. The Morgan fingerprint density at radius 1 is 0.857 bits per heavy atom. The Labute approximate surface area is 211 Å². The molecule has 0 unspecified atom stereocenters. The van der Waals surface area contributed by atoms with E-state index in [4.69, 9.17) is 4.98 Å². The molecule has 0 aliphatic carbocycles. The first-order chi connectivity index (χ1) is 16.2. The van der Waals surface area contributed by atoms with Crippen molar-refractivity contribution in [2.45, 2.75) is 59.9 Å². The number of thiophene rings is 1. The topological polar surface area (TPSA) is 12.9 Å². The number of hydrogen-bond donors (Lipinski definition) is 0. The van der Waals surface area contributed by atoms with Gasteiger partial charge < -0.3 is 0 Å². The largest absolute Gasteiger partial charge is 0.394 e. The van der Waals surface area contributed by atoms with Crippen LogP contribution in [-0.2, 0) is 6.42 Å². The summed E-state index contributed by atoms with van der Waals surface area (Å²) in [5, 5.41) is 2.57. The van der Waals surface area contributed by atoms with E-state index in [1.165, 1.54) is 40.2 Å². The number of benzene rings is 2. The quantitative estimate of drug-likeness (QED) is 0.244. The third-order valence-electron chi connectivity index (χ3n) is 6.52. The number of halogens is 3. The molecule has 0 atom stereocenters. The minimum atomic E-state index is -4.23. The smallest absolute Gasteiger partial charge is 0.255 e. The van der Waals surface area contributed by atoms with Crippen molar-refractivity contribution in [2.24, 2.45) is 5.41 Å². The summed E-state index contributed by atoms with van der Waals surface area (Å²) in [5.74, 6) is 0. The Bertz CT molecular complexity index is 1360. The molecule has 4 rings (SSSR count). The van der Waals surface area contributed by atoms with Gasteiger partial charge in [0.25, 0.3) is 0 Å². The average molecular weight is 512 g/mol. The SMILES string of the molecule is Cc1cc(C)cc(-c2ncc([Si](C)(C)C)c3cc(-c4ccc(CC(C)(C)C(F)(F)F)cc4)sc23)c1. The second-order valence-corrected chi connectivity index (χ2v) is 17.3. The van der Waals surface area contributed by atoms with E-state index in [2.05, 4.69) is 64.0 Å². The van der Waals surface area contributed by atoms with E-state index in [9.17, 15) is 13.2 Å². The third kappa shape index (κ3) is 5.24. The van der Waals surface area contributed by atoms with Crippen LogP contribution in [0.4, 0.5) is 13.2 Å². The molecule has 0 saturated carbocycles. The lowest BCUT2D eigenvalue weighted by Gasteiger charge is -2.27. The minimum absolute atomic E-state index is 0.0380. The molecule has 0 saturated heterocycles. The fourth-order valence-corrected chi connectivity index (χ4v) is 7.22. The van der Waals surface area contributed by atoms with Crippen LogP contribution in [0.5, 0.6) is 0 Å². The van der Waals surface area contributed by atoms with E-state index >= 15 is 0 Å². The molecule has 2 aromatic carbocycles. The summed E-state index contributed by atoms with van der Waals surface area (Å²) in [4.78, 5) is 6.06. The van der Waals surface area contributed by atoms with Gasteiger partial charge in [0, 0.05) is 16.6 Å². The zero-order valence-corrected chi connectivity index (χ0v) is 23.2. The molecule has 0 amide bonds. The van der Waals surface area contributed by atoms with Gasteiger partial charge in [-0.25, -0.2) is 0 Å². The van der Waals surface area contributed by atoms with Crippen molar-refractivity contribution in [3.8, 4) is 21.7 Å². The van der Waals surface area contributed by atoms with E-state index in [-0.39, 0.29) is 6.42 Å². The van der Waals surface area contributed by atoms with Crippen LogP contribution in [0, 0.1) is 19.3 Å². The number of pyridine rings is 1. The zero-order valence-electron chi connectivity index (χ0n) is 21.4. The van der Waals surface area contributed by atoms with Crippen molar-refractivity contribution in [2.75, 3.05) is 0 Å². The Hall–Kier alpha value is -2.44.